The largest absolute Gasteiger partial charge is 0.339 e. The highest BCUT2D eigenvalue weighted by molar-refractivity contribution is 7.86. The lowest BCUT2D eigenvalue weighted by Gasteiger charge is -2.16. The number of azo groups is 2. The van der Waals surface area contributed by atoms with Crippen LogP contribution in [-0.2, 0) is 36.8 Å². The van der Waals surface area contributed by atoms with Gasteiger partial charge in [0.15, 0.2) is 16.6 Å². The van der Waals surface area contributed by atoms with Crippen LogP contribution in [0.15, 0.2) is 156 Å². The summed E-state index contributed by atoms with van der Waals surface area (Å²) in [4.78, 5) is 8.34. The van der Waals surface area contributed by atoms with Crippen molar-refractivity contribution in [2.45, 2.75) is 35.0 Å². The Labute approximate surface area is 381 Å². The summed E-state index contributed by atoms with van der Waals surface area (Å²) in [5.74, 6) is 0.0351. The minimum Gasteiger partial charge on any atom is -0.339 e. The Morgan fingerprint density at radius 3 is 1.88 bits per heavy atom. The summed E-state index contributed by atoms with van der Waals surface area (Å²) in [6.07, 6.45) is 0.646. The molecule has 0 aliphatic carbocycles. The number of aryl methyl sites for hydroxylation is 1. The van der Waals surface area contributed by atoms with Crippen molar-refractivity contribution >= 4 is 108 Å². The minimum absolute atomic E-state index is 0.0119. The van der Waals surface area contributed by atoms with Crippen LogP contribution in [-0.4, -0.2) is 48.9 Å². The van der Waals surface area contributed by atoms with Crippen molar-refractivity contribution in [2.24, 2.45) is 20.5 Å². The molecule has 332 valence electrons. The standard InChI is InChI=1S/C44H33N9O9S4/c1-3-26-8-9-29-22-33(23-38(36(29)20-26)66(60,61)62)50-52-43-40(30-11-10-27-6-4-5-7-28(27)21-30)48-44(63-43)53-51-39-25(2)37(24-45)41(46-31-12-16-34(17-13-31)64(54,55)56)49-42(39)47-32-14-18-35(19-15-32)65(57,58)59/h4-23H,3H2,1-2H3,(H2,46,47,49)(H,54,55,56)(H,57,58,59)(H,60,61,62). The first-order chi connectivity index (χ1) is 31.4. The van der Waals surface area contributed by atoms with Gasteiger partial charge in [0, 0.05) is 27.9 Å². The fourth-order valence-corrected chi connectivity index (χ4v) is 9.22. The van der Waals surface area contributed by atoms with Gasteiger partial charge in [-0.05, 0) is 108 Å². The molecule has 0 radical (unpaired) electrons. The van der Waals surface area contributed by atoms with E-state index in [0.29, 0.717) is 39.8 Å². The third-order valence-electron chi connectivity index (χ3n) is 10.1. The summed E-state index contributed by atoms with van der Waals surface area (Å²) in [6, 6.07) is 33.7. The molecule has 0 bridgehead atoms. The van der Waals surface area contributed by atoms with E-state index < -0.39 is 30.4 Å². The minimum atomic E-state index is -4.66. The number of nitriles is 1. The molecule has 6 aromatic carbocycles. The number of nitrogens with one attached hydrogen (secondary N) is 2. The number of aromatic nitrogens is 2. The molecular weight excluding hydrogens is 927 g/mol. The van der Waals surface area contributed by atoms with Crippen molar-refractivity contribution in [3.63, 3.8) is 0 Å². The van der Waals surface area contributed by atoms with Gasteiger partial charge >= 0.3 is 0 Å². The van der Waals surface area contributed by atoms with Gasteiger partial charge in [-0.25, -0.2) is 9.97 Å². The van der Waals surface area contributed by atoms with E-state index in [-0.39, 0.29) is 59.0 Å². The number of hydrogen-bond donors (Lipinski definition) is 5. The molecule has 0 fully saturated rings. The molecule has 0 amide bonds. The molecule has 0 aliphatic rings. The smallest absolute Gasteiger partial charge is 0.295 e. The van der Waals surface area contributed by atoms with Crippen LogP contribution in [0.5, 0.6) is 0 Å². The first kappa shape index (κ1) is 45.2. The number of nitrogens with zero attached hydrogens (tertiary/aromatic N) is 7. The summed E-state index contributed by atoms with van der Waals surface area (Å²) in [5.41, 5.74) is 2.96. The maximum absolute atomic E-state index is 12.6. The Morgan fingerprint density at radius 1 is 0.652 bits per heavy atom. The number of benzene rings is 6. The molecule has 66 heavy (non-hydrogen) atoms. The van der Waals surface area contributed by atoms with Gasteiger partial charge in [-0.3, -0.25) is 13.7 Å². The van der Waals surface area contributed by atoms with Gasteiger partial charge in [-0.1, -0.05) is 66.8 Å². The zero-order valence-corrected chi connectivity index (χ0v) is 37.6. The van der Waals surface area contributed by atoms with Crippen LogP contribution >= 0.6 is 11.3 Å². The lowest BCUT2D eigenvalue weighted by molar-refractivity contribution is 0.481. The summed E-state index contributed by atoms with van der Waals surface area (Å²) in [7, 11) is -13.7. The third-order valence-corrected chi connectivity index (χ3v) is 13.6. The van der Waals surface area contributed by atoms with Gasteiger partial charge in [0.1, 0.15) is 22.3 Å². The Morgan fingerprint density at radius 2 is 1.27 bits per heavy atom. The zero-order chi connectivity index (χ0) is 47.0. The van der Waals surface area contributed by atoms with Gasteiger partial charge in [-0.2, -0.15) is 30.5 Å². The van der Waals surface area contributed by atoms with Crippen LogP contribution in [0.1, 0.15) is 23.6 Å². The van der Waals surface area contributed by atoms with E-state index in [0.717, 1.165) is 51.9 Å². The third kappa shape index (κ3) is 9.82. The van der Waals surface area contributed by atoms with Crippen LogP contribution in [0, 0.1) is 18.3 Å². The lowest BCUT2D eigenvalue weighted by Crippen LogP contribution is -2.05. The maximum Gasteiger partial charge on any atom is 0.295 e. The SMILES string of the molecule is CCc1ccc2cc(N=Nc3sc(N=Nc4c(Nc5ccc(S(=O)(=O)O)cc5)nc(Nc5ccc(S(=O)(=O)O)cc5)c(C#N)c4C)nc3-c3ccc4ccccc4c3)cc(S(=O)(=O)O)c2c1. The first-order valence-electron chi connectivity index (χ1n) is 19.4. The molecule has 0 atom stereocenters. The van der Waals surface area contributed by atoms with Gasteiger partial charge in [0.2, 0.25) is 5.13 Å². The molecule has 0 saturated carbocycles. The summed E-state index contributed by atoms with van der Waals surface area (Å²) >= 11 is 0.995. The number of anilines is 4. The molecule has 8 aromatic rings. The quantitative estimate of drug-likeness (QED) is 0.0531. The molecule has 0 spiro atoms. The van der Waals surface area contributed by atoms with E-state index in [1.165, 1.54) is 30.3 Å². The van der Waals surface area contributed by atoms with E-state index in [2.05, 4.69) is 42.1 Å². The van der Waals surface area contributed by atoms with E-state index in [9.17, 15) is 44.2 Å². The zero-order valence-electron chi connectivity index (χ0n) is 34.3. The number of thiazole rings is 1. The van der Waals surface area contributed by atoms with E-state index in [4.69, 9.17) is 4.98 Å². The van der Waals surface area contributed by atoms with Crippen molar-refractivity contribution in [1.82, 2.24) is 9.97 Å². The molecule has 0 unspecified atom stereocenters. The van der Waals surface area contributed by atoms with E-state index >= 15 is 0 Å². The molecule has 5 N–H and O–H groups in total. The highest BCUT2D eigenvalue weighted by Crippen LogP contribution is 2.43. The molecule has 2 aromatic heterocycles. The molecule has 18 nitrogen and oxygen atoms in total. The number of fused-ring (bicyclic) bond motifs is 2. The maximum atomic E-state index is 12.6. The lowest BCUT2D eigenvalue weighted by atomic mass is 10.0. The topological polar surface area (TPSA) is 286 Å². The second kappa shape index (κ2) is 17.9. The molecule has 2 heterocycles. The van der Waals surface area contributed by atoms with Gasteiger partial charge < -0.3 is 10.6 Å². The van der Waals surface area contributed by atoms with Crippen LogP contribution < -0.4 is 10.6 Å². The van der Waals surface area contributed by atoms with Crippen molar-refractivity contribution in [2.75, 3.05) is 10.6 Å². The van der Waals surface area contributed by atoms with Crippen molar-refractivity contribution < 1.29 is 38.9 Å². The second-order valence-corrected chi connectivity index (χ2v) is 19.6. The van der Waals surface area contributed by atoms with Crippen molar-refractivity contribution in [3.05, 3.63) is 138 Å². The van der Waals surface area contributed by atoms with Crippen LogP contribution in [0.2, 0.25) is 0 Å². The molecular formula is C44H33N9O9S4. The summed E-state index contributed by atoms with van der Waals surface area (Å²) in [6.45, 7) is 3.51. The average molecular weight is 960 g/mol. The fraction of sp³-hybridized carbons (Fsp3) is 0.0682. The average Bonchev–Trinajstić information content (AvgIpc) is 3.70. The number of hydrogen-bond acceptors (Lipinski definition) is 16. The highest BCUT2D eigenvalue weighted by Gasteiger charge is 2.21. The monoisotopic (exact) mass is 959 g/mol. The molecule has 22 heteroatoms. The van der Waals surface area contributed by atoms with Gasteiger partial charge in [0.25, 0.3) is 30.4 Å². The first-order valence-corrected chi connectivity index (χ1v) is 24.5. The fourth-order valence-electron chi connectivity index (χ4n) is 6.80. The predicted molar refractivity (Wildman–Crippen MR) is 249 cm³/mol. The normalized spacial score (nSPS) is 12.3. The molecule has 0 saturated heterocycles. The highest BCUT2D eigenvalue weighted by atomic mass is 32.2. The number of pyridine rings is 1. The Bertz CT molecular complexity index is 3690. The number of rotatable bonds is 13. The van der Waals surface area contributed by atoms with Gasteiger partial charge in [0.05, 0.1) is 21.0 Å². The van der Waals surface area contributed by atoms with E-state index in [1.54, 1.807) is 25.1 Å². The van der Waals surface area contributed by atoms with Crippen LogP contribution in [0.25, 0.3) is 32.8 Å². The van der Waals surface area contributed by atoms with E-state index in [1.807, 2.05) is 55.5 Å². The Balaban J connectivity index is 1.23. The second-order valence-electron chi connectivity index (χ2n) is 14.5. The Hall–Kier alpha value is -7.36. The molecule has 8 rings (SSSR count). The van der Waals surface area contributed by atoms with Crippen LogP contribution in [0.3, 0.4) is 0 Å². The van der Waals surface area contributed by atoms with Crippen molar-refractivity contribution in [3.8, 4) is 17.3 Å². The Kier molecular flexibility index (Phi) is 12.3. The summed E-state index contributed by atoms with van der Waals surface area (Å²) in [5, 5.41) is 37.3. The van der Waals surface area contributed by atoms with Gasteiger partial charge in [-0.15, -0.1) is 20.5 Å². The van der Waals surface area contributed by atoms with Crippen LogP contribution in [0.4, 0.5) is 44.5 Å². The van der Waals surface area contributed by atoms with Crippen molar-refractivity contribution in [1.29, 1.82) is 5.26 Å². The molecule has 0 aliphatic heterocycles. The predicted octanol–water partition coefficient (Wildman–Crippen LogP) is 11.3. The summed E-state index contributed by atoms with van der Waals surface area (Å²) < 4.78 is 101.